The van der Waals surface area contributed by atoms with Crippen molar-refractivity contribution < 1.29 is 4.52 Å². The molecule has 0 saturated carbocycles. The van der Waals surface area contributed by atoms with E-state index in [9.17, 15) is 0 Å². The molecule has 0 aliphatic carbocycles. The van der Waals surface area contributed by atoms with E-state index in [4.69, 9.17) is 16.1 Å². The van der Waals surface area contributed by atoms with Crippen molar-refractivity contribution in [3.05, 3.63) is 28.8 Å². The summed E-state index contributed by atoms with van der Waals surface area (Å²) in [7, 11) is 0. The van der Waals surface area contributed by atoms with Gasteiger partial charge in [-0.2, -0.15) is 0 Å². The summed E-state index contributed by atoms with van der Waals surface area (Å²) in [5.74, 6) is 0. The van der Waals surface area contributed by atoms with Crippen molar-refractivity contribution in [2.75, 3.05) is 0 Å². The molecule has 0 aromatic carbocycles. The molecule has 0 aliphatic heterocycles. The van der Waals surface area contributed by atoms with Gasteiger partial charge in [-0.3, -0.25) is 0 Å². The van der Waals surface area contributed by atoms with Crippen molar-refractivity contribution in [3.63, 3.8) is 0 Å². The number of aromatic nitrogens is 1. The maximum absolute atomic E-state index is 5.55. The Kier molecular flexibility index (Phi) is 1.68. The highest BCUT2D eigenvalue weighted by Gasteiger charge is 2.03. The van der Waals surface area contributed by atoms with Gasteiger partial charge in [0.25, 0.3) is 0 Å². The van der Waals surface area contributed by atoms with Gasteiger partial charge in [-0.25, -0.2) is 0 Å². The molecule has 2 nitrogen and oxygen atoms in total. The molecule has 2 heterocycles. The first-order valence-corrected chi connectivity index (χ1v) is 4.28. The Morgan fingerprint density at radius 1 is 1.55 bits per heavy atom. The minimum Gasteiger partial charge on any atom is -0.344 e. The van der Waals surface area contributed by atoms with Crippen LogP contribution in [0.4, 0.5) is 0 Å². The molecule has 0 aliphatic rings. The highest BCUT2D eigenvalue weighted by Crippen LogP contribution is 2.25. The molecular weight excluding hydrogens is 182 g/mol. The number of hydrogen-bond acceptors (Lipinski definition) is 3. The lowest BCUT2D eigenvalue weighted by Crippen LogP contribution is -1.65. The van der Waals surface area contributed by atoms with Gasteiger partial charge in [0.15, 0.2) is 0 Å². The van der Waals surface area contributed by atoms with Crippen LogP contribution in [0, 0.1) is 0 Å². The summed E-state index contributed by atoms with van der Waals surface area (Å²) in [4.78, 5) is 1.07. The zero-order chi connectivity index (χ0) is 7.68. The van der Waals surface area contributed by atoms with Crippen molar-refractivity contribution >= 4 is 22.9 Å². The quantitative estimate of drug-likeness (QED) is 0.683. The SMILES string of the molecule is Clc1cc(-c2cccs2)no1. The molecule has 0 fully saturated rings. The third-order valence-corrected chi connectivity index (χ3v) is 2.33. The fraction of sp³-hybridized carbons (Fsp3) is 0. The van der Waals surface area contributed by atoms with Crippen molar-refractivity contribution in [3.8, 4) is 10.6 Å². The Morgan fingerprint density at radius 2 is 2.45 bits per heavy atom. The summed E-state index contributed by atoms with van der Waals surface area (Å²) in [5, 5.41) is 6.07. The number of halogens is 1. The highest BCUT2D eigenvalue weighted by molar-refractivity contribution is 7.13. The van der Waals surface area contributed by atoms with E-state index >= 15 is 0 Å². The lowest BCUT2D eigenvalue weighted by atomic mass is 10.3. The van der Waals surface area contributed by atoms with Crippen LogP contribution < -0.4 is 0 Å². The first kappa shape index (κ1) is 6.88. The van der Waals surface area contributed by atoms with Crippen molar-refractivity contribution in [1.29, 1.82) is 0 Å². The maximum Gasteiger partial charge on any atom is 0.226 e. The monoisotopic (exact) mass is 185 g/mol. The molecule has 0 N–H and O–H groups in total. The topological polar surface area (TPSA) is 26.0 Å². The average Bonchev–Trinajstić information content (AvgIpc) is 2.55. The van der Waals surface area contributed by atoms with Gasteiger partial charge in [-0.1, -0.05) is 11.2 Å². The Balaban J connectivity index is 2.45. The van der Waals surface area contributed by atoms with Crippen LogP contribution in [-0.2, 0) is 0 Å². The minimum absolute atomic E-state index is 0.327. The molecule has 11 heavy (non-hydrogen) atoms. The normalized spacial score (nSPS) is 10.3. The second kappa shape index (κ2) is 2.68. The lowest BCUT2D eigenvalue weighted by Gasteiger charge is -1.81. The molecule has 2 aromatic rings. The zero-order valence-corrected chi connectivity index (χ0v) is 7.02. The Morgan fingerprint density at radius 3 is 3.00 bits per heavy atom. The van der Waals surface area contributed by atoms with E-state index in [1.165, 1.54) is 0 Å². The van der Waals surface area contributed by atoms with E-state index in [0.717, 1.165) is 10.6 Å². The summed E-state index contributed by atoms with van der Waals surface area (Å²) in [6, 6.07) is 5.63. The molecule has 0 amide bonds. The van der Waals surface area contributed by atoms with Gasteiger partial charge < -0.3 is 4.52 Å². The predicted octanol–water partition coefficient (Wildman–Crippen LogP) is 3.06. The molecule has 0 unspecified atom stereocenters. The Labute approximate surface area is 72.4 Å². The van der Waals surface area contributed by atoms with Crippen LogP contribution >= 0.6 is 22.9 Å². The van der Waals surface area contributed by atoms with Crippen LogP contribution in [0.1, 0.15) is 0 Å². The second-order valence-electron chi connectivity index (χ2n) is 1.99. The van der Waals surface area contributed by atoms with Gasteiger partial charge in [-0.05, 0) is 23.0 Å². The van der Waals surface area contributed by atoms with E-state index in [1.54, 1.807) is 17.4 Å². The van der Waals surface area contributed by atoms with E-state index in [-0.39, 0.29) is 0 Å². The molecule has 0 saturated heterocycles. The highest BCUT2D eigenvalue weighted by atomic mass is 35.5. The van der Waals surface area contributed by atoms with Gasteiger partial charge in [0.05, 0.1) is 4.88 Å². The smallest absolute Gasteiger partial charge is 0.226 e. The average molecular weight is 186 g/mol. The summed E-state index contributed by atoms with van der Waals surface area (Å²) in [6.07, 6.45) is 0. The van der Waals surface area contributed by atoms with Gasteiger partial charge in [0.1, 0.15) is 5.69 Å². The molecule has 0 radical (unpaired) electrons. The first-order chi connectivity index (χ1) is 5.36. The number of nitrogens with zero attached hydrogens (tertiary/aromatic N) is 1. The van der Waals surface area contributed by atoms with Crippen molar-refractivity contribution in [1.82, 2.24) is 5.16 Å². The Bertz CT molecular complexity index is 341. The molecule has 4 heteroatoms. The fourth-order valence-corrected chi connectivity index (χ4v) is 1.61. The molecule has 0 bridgehead atoms. The van der Waals surface area contributed by atoms with Crippen LogP contribution in [0.2, 0.25) is 5.22 Å². The van der Waals surface area contributed by atoms with Crippen LogP contribution in [0.5, 0.6) is 0 Å². The van der Waals surface area contributed by atoms with Crippen molar-refractivity contribution in [2.45, 2.75) is 0 Å². The standard InChI is InChI=1S/C7H4ClNOS/c8-7-4-5(9-10-7)6-2-1-3-11-6/h1-4H. The van der Waals surface area contributed by atoms with Gasteiger partial charge in [0.2, 0.25) is 5.22 Å². The summed E-state index contributed by atoms with van der Waals surface area (Å²) in [5.41, 5.74) is 0.796. The van der Waals surface area contributed by atoms with E-state index in [1.807, 2.05) is 17.5 Å². The molecule has 0 spiro atoms. The summed E-state index contributed by atoms with van der Waals surface area (Å²) < 4.78 is 4.71. The Hall–Kier alpha value is -0.800. The van der Waals surface area contributed by atoms with E-state index < -0.39 is 0 Å². The zero-order valence-electron chi connectivity index (χ0n) is 5.45. The number of rotatable bonds is 1. The third-order valence-electron chi connectivity index (χ3n) is 1.26. The van der Waals surface area contributed by atoms with Gasteiger partial charge >= 0.3 is 0 Å². The van der Waals surface area contributed by atoms with Gasteiger partial charge in [0, 0.05) is 6.07 Å². The number of thiophene rings is 1. The van der Waals surface area contributed by atoms with Crippen molar-refractivity contribution in [2.24, 2.45) is 0 Å². The molecule has 2 aromatic heterocycles. The summed E-state index contributed by atoms with van der Waals surface area (Å²) in [6.45, 7) is 0. The van der Waals surface area contributed by atoms with Gasteiger partial charge in [-0.15, -0.1) is 11.3 Å². The van der Waals surface area contributed by atoms with Crippen LogP contribution in [-0.4, -0.2) is 5.16 Å². The summed E-state index contributed by atoms with van der Waals surface area (Å²) >= 11 is 7.16. The molecule has 56 valence electrons. The molecular formula is C7H4ClNOS. The number of hydrogen-bond donors (Lipinski definition) is 0. The molecule has 2 rings (SSSR count). The van der Waals surface area contributed by atoms with Crippen LogP contribution in [0.25, 0.3) is 10.6 Å². The second-order valence-corrected chi connectivity index (χ2v) is 3.31. The third kappa shape index (κ3) is 1.29. The van der Waals surface area contributed by atoms with Crippen LogP contribution in [0.3, 0.4) is 0 Å². The van der Waals surface area contributed by atoms with Crippen LogP contribution in [0.15, 0.2) is 28.1 Å². The maximum atomic E-state index is 5.55. The van der Waals surface area contributed by atoms with E-state index in [0.29, 0.717) is 5.22 Å². The predicted molar refractivity (Wildman–Crippen MR) is 44.8 cm³/mol. The van der Waals surface area contributed by atoms with E-state index in [2.05, 4.69) is 5.16 Å². The fourth-order valence-electron chi connectivity index (χ4n) is 0.793. The largest absolute Gasteiger partial charge is 0.344 e. The first-order valence-electron chi connectivity index (χ1n) is 3.02. The lowest BCUT2D eigenvalue weighted by molar-refractivity contribution is 0.424. The molecule has 0 atom stereocenters. The minimum atomic E-state index is 0.327.